The topological polar surface area (TPSA) is 0 Å². The summed E-state index contributed by atoms with van der Waals surface area (Å²) < 4.78 is 0. The molecule has 0 aliphatic heterocycles. The van der Waals surface area contributed by atoms with E-state index in [1.165, 1.54) is 32.1 Å². The maximum Gasteiger partial charge on any atom is -0.0129 e. The van der Waals surface area contributed by atoms with Gasteiger partial charge in [-0.15, -0.1) is 0 Å². The highest BCUT2D eigenvalue weighted by molar-refractivity contribution is 5.26. The molecule has 2 unspecified atom stereocenters. The lowest BCUT2D eigenvalue weighted by Gasteiger charge is -2.42. The van der Waals surface area contributed by atoms with E-state index in [1.807, 2.05) is 0 Å². The van der Waals surface area contributed by atoms with Gasteiger partial charge in [0.2, 0.25) is 0 Å². The fraction of sp³-hybridized carbons (Fsp3) is 0.750. The lowest BCUT2D eigenvalue weighted by molar-refractivity contribution is 0.275. The third kappa shape index (κ3) is 1.99. The van der Waals surface area contributed by atoms with Gasteiger partial charge in [-0.1, -0.05) is 44.1 Å². The minimum atomic E-state index is 0.418. The van der Waals surface area contributed by atoms with E-state index in [-0.39, 0.29) is 0 Å². The van der Waals surface area contributed by atoms with Crippen LogP contribution in [0.4, 0.5) is 0 Å². The van der Waals surface area contributed by atoms with Crippen molar-refractivity contribution in [2.45, 2.75) is 59.8 Å². The van der Waals surface area contributed by atoms with Gasteiger partial charge in [-0.25, -0.2) is 0 Å². The van der Waals surface area contributed by atoms with Crippen LogP contribution in [0.1, 0.15) is 59.8 Å². The van der Waals surface area contributed by atoms with Crippen molar-refractivity contribution in [3.05, 3.63) is 23.3 Å². The molecule has 0 aromatic heterocycles. The molecule has 2 aliphatic carbocycles. The normalized spacial score (nSPS) is 30.5. The van der Waals surface area contributed by atoms with E-state index in [9.17, 15) is 0 Å². The molecule has 0 amide bonds. The molecule has 2 atom stereocenters. The van der Waals surface area contributed by atoms with Crippen LogP contribution in [0, 0.1) is 17.3 Å². The van der Waals surface area contributed by atoms with Crippen LogP contribution in [0.3, 0.4) is 0 Å². The van der Waals surface area contributed by atoms with Gasteiger partial charge in [-0.2, -0.15) is 0 Å². The maximum absolute atomic E-state index is 2.56. The Balaban J connectivity index is 2.28. The zero-order valence-electron chi connectivity index (χ0n) is 11.3. The van der Waals surface area contributed by atoms with Crippen LogP contribution in [-0.2, 0) is 0 Å². The molecule has 0 saturated heterocycles. The predicted molar refractivity (Wildman–Crippen MR) is 71.4 cm³/mol. The van der Waals surface area contributed by atoms with E-state index in [0.717, 1.165) is 11.8 Å². The molecule has 0 saturated carbocycles. The summed E-state index contributed by atoms with van der Waals surface area (Å²) in [6, 6.07) is 0. The monoisotopic (exact) mass is 218 g/mol. The first-order valence-corrected chi connectivity index (χ1v) is 6.93. The number of hydrogen-bond acceptors (Lipinski definition) is 0. The molecule has 90 valence electrons. The Morgan fingerprint density at radius 3 is 2.44 bits per heavy atom. The van der Waals surface area contributed by atoms with Crippen LogP contribution >= 0.6 is 0 Å². The fourth-order valence-corrected chi connectivity index (χ4v) is 3.51. The molecule has 16 heavy (non-hydrogen) atoms. The van der Waals surface area contributed by atoms with Gasteiger partial charge >= 0.3 is 0 Å². The van der Waals surface area contributed by atoms with Crippen LogP contribution in [0.25, 0.3) is 0 Å². The molecular formula is C16H26. The van der Waals surface area contributed by atoms with E-state index in [1.54, 1.807) is 11.1 Å². The van der Waals surface area contributed by atoms with E-state index in [4.69, 9.17) is 0 Å². The summed E-state index contributed by atoms with van der Waals surface area (Å²) >= 11 is 0. The standard InChI is InChI=1S/C16H26/c1-5-16(3,4)15-11-7-9-13-12(2)8-6-10-14(13)15/h8,11,13-14H,5-7,9-10H2,1-4H3. The van der Waals surface area contributed by atoms with Gasteiger partial charge in [0, 0.05) is 0 Å². The first-order chi connectivity index (χ1) is 7.56. The maximum atomic E-state index is 2.56. The molecule has 2 rings (SSSR count). The van der Waals surface area contributed by atoms with Crippen molar-refractivity contribution < 1.29 is 0 Å². The quantitative estimate of drug-likeness (QED) is 0.565. The van der Waals surface area contributed by atoms with Crippen molar-refractivity contribution in [1.82, 2.24) is 0 Å². The molecule has 0 N–H and O–H groups in total. The van der Waals surface area contributed by atoms with Gasteiger partial charge in [0.05, 0.1) is 0 Å². The highest BCUT2D eigenvalue weighted by Crippen LogP contribution is 2.48. The Kier molecular flexibility index (Phi) is 3.28. The van der Waals surface area contributed by atoms with Crippen LogP contribution in [0.15, 0.2) is 23.3 Å². The van der Waals surface area contributed by atoms with Crippen LogP contribution < -0.4 is 0 Å². The lowest BCUT2D eigenvalue weighted by Crippen LogP contribution is -2.31. The zero-order chi connectivity index (χ0) is 11.8. The van der Waals surface area contributed by atoms with Crippen molar-refractivity contribution >= 4 is 0 Å². The number of rotatable bonds is 2. The molecular weight excluding hydrogens is 192 g/mol. The van der Waals surface area contributed by atoms with Gasteiger partial charge in [-0.3, -0.25) is 0 Å². The fourth-order valence-electron chi connectivity index (χ4n) is 3.51. The highest BCUT2D eigenvalue weighted by Gasteiger charge is 2.36. The minimum Gasteiger partial charge on any atom is -0.0853 e. The van der Waals surface area contributed by atoms with E-state index < -0.39 is 0 Å². The molecule has 0 fully saturated rings. The first-order valence-electron chi connectivity index (χ1n) is 6.93. The molecule has 0 nitrogen and oxygen atoms in total. The molecule has 0 radical (unpaired) electrons. The Hall–Kier alpha value is -0.520. The molecule has 0 bridgehead atoms. The largest absolute Gasteiger partial charge is 0.0853 e. The summed E-state index contributed by atoms with van der Waals surface area (Å²) in [6.07, 6.45) is 11.7. The highest BCUT2D eigenvalue weighted by atomic mass is 14.4. The van der Waals surface area contributed by atoms with Crippen LogP contribution in [0.5, 0.6) is 0 Å². The third-order valence-corrected chi connectivity index (χ3v) is 4.92. The SMILES string of the molecule is CCC(C)(C)C1=CCCC2C(C)=CCCC12. The van der Waals surface area contributed by atoms with Crippen molar-refractivity contribution in [2.75, 3.05) is 0 Å². The van der Waals surface area contributed by atoms with E-state index in [0.29, 0.717) is 5.41 Å². The van der Waals surface area contributed by atoms with E-state index >= 15 is 0 Å². The van der Waals surface area contributed by atoms with Gasteiger partial charge in [0.15, 0.2) is 0 Å². The van der Waals surface area contributed by atoms with E-state index in [2.05, 4.69) is 39.8 Å². The second-order valence-corrected chi connectivity index (χ2v) is 6.21. The summed E-state index contributed by atoms with van der Waals surface area (Å²) in [5.41, 5.74) is 3.84. The average molecular weight is 218 g/mol. The lowest BCUT2D eigenvalue weighted by atomic mass is 9.63. The van der Waals surface area contributed by atoms with Gasteiger partial charge in [-0.05, 0) is 56.3 Å². The van der Waals surface area contributed by atoms with Gasteiger partial charge < -0.3 is 0 Å². The summed E-state index contributed by atoms with van der Waals surface area (Å²) in [6.45, 7) is 9.53. The molecule has 0 heteroatoms. The van der Waals surface area contributed by atoms with Crippen molar-refractivity contribution in [3.63, 3.8) is 0 Å². The Morgan fingerprint density at radius 2 is 1.75 bits per heavy atom. The molecule has 0 aromatic rings. The molecule has 0 heterocycles. The van der Waals surface area contributed by atoms with Crippen molar-refractivity contribution in [3.8, 4) is 0 Å². The number of hydrogen-bond donors (Lipinski definition) is 0. The van der Waals surface area contributed by atoms with Crippen LogP contribution in [-0.4, -0.2) is 0 Å². The second-order valence-electron chi connectivity index (χ2n) is 6.21. The summed E-state index contributed by atoms with van der Waals surface area (Å²) in [4.78, 5) is 0. The molecule has 2 aliphatic rings. The summed E-state index contributed by atoms with van der Waals surface area (Å²) in [5.74, 6) is 1.72. The smallest absolute Gasteiger partial charge is 0.0129 e. The zero-order valence-corrected chi connectivity index (χ0v) is 11.3. The Labute approximate surface area is 101 Å². The van der Waals surface area contributed by atoms with Crippen molar-refractivity contribution in [1.29, 1.82) is 0 Å². The predicted octanol–water partition coefficient (Wildman–Crippen LogP) is 5.12. The molecule has 0 spiro atoms. The summed E-state index contributed by atoms with van der Waals surface area (Å²) in [7, 11) is 0. The number of fused-ring (bicyclic) bond motifs is 1. The van der Waals surface area contributed by atoms with Gasteiger partial charge in [0.1, 0.15) is 0 Å². The second kappa shape index (κ2) is 4.39. The Morgan fingerprint density at radius 1 is 1.12 bits per heavy atom. The average Bonchev–Trinajstić information content (AvgIpc) is 2.29. The number of allylic oxidation sites excluding steroid dienone is 4. The molecule has 0 aromatic carbocycles. The Bertz CT molecular complexity index is 317. The minimum absolute atomic E-state index is 0.418. The first kappa shape index (κ1) is 12.0. The van der Waals surface area contributed by atoms with Crippen LogP contribution in [0.2, 0.25) is 0 Å². The summed E-state index contributed by atoms with van der Waals surface area (Å²) in [5, 5.41) is 0. The van der Waals surface area contributed by atoms with Gasteiger partial charge in [0.25, 0.3) is 0 Å². The van der Waals surface area contributed by atoms with Crippen molar-refractivity contribution in [2.24, 2.45) is 17.3 Å². The third-order valence-electron chi connectivity index (χ3n) is 4.92.